The number of hydrogen-bond donors (Lipinski definition) is 1. The van der Waals surface area contributed by atoms with Crippen molar-refractivity contribution in [2.75, 3.05) is 0 Å². The summed E-state index contributed by atoms with van der Waals surface area (Å²) in [5.41, 5.74) is 4.39. The predicted molar refractivity (Wildman–Crippen MR) is 93.9 cm³/mol. The van der Waals surface area contributed by atoms with Crippen LogP contribution in [0.3, 0.4) is 0 Å². The van der Waals surface area contributed by atoms with Crippen molar-refractivity contribution in [3.63, 3.8) is 0 Å². The van der Waals surface area contributed by atoms with Crippen LogP contribution in [0.4, 0.5) is 0 Å². The predicted octanol–water partition coefficient (Wildman–Crippen LogP) is 4.13. The first kappa shape index (κ1) is 14.5. The minimum Gasteiger partial charge on any atom is -0.487 e. The molecule has 4 nitrogen and oxygen atoms in total. The molecule has 0 bridgehead atoms. The minimum atomic E-state index is 0.472. The van der Waals surface area contributed by atoms with E-state index >= 15 is 0 Å². The summed E-state index contributed by atoms with van der Waals surface area (Å²) in [6.07, 6.45) is 6.30. The molecule has 0 fully saturated rings. The molecular formula is C20H17N3O. The molecule has 3 heterocycles. The lowest BCUT2D eigenvalue weighted by Crippen LogP contribution is -1.97. The highest BCUT2D eigenvalue weighted by molar-refractivity contribution is 5.82. The Hall–Kier alpha value is -3.14. The molecule has 0 spiro atoms. The number of H-pyrrole nitrogens is 1. The maximum Gasteiger partial charge on any atom is 0.130 e. The van der Waals surface area contributed by atoms with Gasteiger partial charge in [-0.1, -0.05) is 12.1 Å². The van der Waals surface area contributed by atoms with Crippen LogP contribution < -0.4 is 4.74 Å². The van der Waals surface area contributed by atoms with Crippen molar-refractivity contribution < 1.29 is 4.74 Å². The molecule has 0 unspecified atom stereocenters. The molecule has 0 aliphatic carbocycles. The van der Waals surface area contributed by atoms with Gasteiger partial charge in [-0.2, -0.15) is 0 Å². The Kier molecular flexibility index (Phi) is 3.94. The van der Waals surface area contributed by atoms with Crippen LogP contribution in [0.2, 0.25) is 0 Å². The van der Waals surface area contributed by atoms with Gasteiger partial charge in [0.2, 0.25) is 0 Å². The molecule has 24 heavy (non-hydrogen) atoms. The quantitative estimate of drug-likeness (QED) is 0.602. The fraction of sp³-hybridized carbons (Fsp3) is 0.100. The molecule has 0 amide bonds. The molecule has 0 saturated carbocycles. The van der Waals surface area contributed by atoms with Crippen molar-refractivity contribution in [3.8, 4) is 5.75 Å². The number of aromatic amines is 1. The van der Waals surface area contributed by atoms with Crippen molar-refractivity contribution in [1.29, 1.82) is 0 Å². The second-order valence-corrected chi connectivity index (χ2v) is 5.69. The summed E-state index contributed by atoms with van der Waals surface area (Å²) in [6.45, 7) is 0.472. The SMILES string of the molecule is c1ccc(COc2ccc3[nH]c(Cc4cccnc4)cc3c2)nc1. The Bertz CT molecular complexity index is 933. The van der Waals surface area contributed by atoms with Crippen molar-refractivity contribution in [3.05, 3.63) is 90.1 Å². The van der Waals surface area contributed by atoms with Gasteiger partial charge < -0.3 is 9.72 Å². The lowest BCUT2D eigenvalue weighted by Gasteiger charge is -2.05. The van der Waals surface area contributed by atoms with E-state index in [1.807, 2.05) is 36.5 Å². The Balaban J connectivity index is 1.51. The van der Waals surface area contributed by atoms with Crippen LogP contribution in [-0.2, 0) is 13.0 Å². The zero-order valence-corrected chi connectivity index (χ0v) is 13.1. The topological polar surface area (TPSA) is 50.8 Å². The zero-order valence-electron chi connectivity index (χ0n) is 13.1. The van der Waals surface area contributed by atoms with Gasteiger partial charge in [0.05, 0.1) is 5.69 Å². The number of aromatic nitrogens is 3. The first-order chi connectivity index (χ1) is 11.9. The normalized spacial score (nSPS) is 10.8. The molecule has 4 aromatic rings. The van der Waals surface area contributed by atoms with Crippen LogP contribution in [0.5, 0.6) is 5.75 Å². The lowest BCUT2D eigenvalue weighted by molar-refractivity contribution is 0.302. The number of fused-ring (bicyclic) bond motifs is 1. The van der Waals surface area contributed by atoms with Crippen molar-refractivity contribution in [1.82, 2.24) is 15.0 Å². The van der Waals surface area contributed by atoms with Crippen LogP contribution in [0.15, 0.2) is 73.2 Å². The Morgan fingerprint density at radius 3 is 2.79 bits per heavy atom. The number of hydrogen-bond acceptors (Lipinski definition) is 3. The van der Waals surface area contributed by atoms with E-state index in [4.69, 9.17) is 4.74 Å². The lowest BCUT2D eigenvalue weighted by atomic mass is 10.1. The van der Waals surface area contributed by atoms with E-state index in [-0.39, 0.29) is 0 Å². The van der Waals surface area contributed by atoms with Gasteiger partial charge in [-0.25, -0.2) is 0 Å². The average Bonchev–Trinajstić information content (AvgIpc) is 3.03. The van der Waals surface area contributed by atoms with Crippen molar-refractivity contribution in [2.24, 2.45) is 0 Å². The maximum atomic E-state index is 5.84. The molecule has 1 N–H and O–H groups in total. The van der Waals surface area contributed by atoms with Crippen molar-refractivity contribution >= 4 is 10.9 Å². The summed E-state index contributed by atoms with van der Waals surface area (Å²) >= 11 is 0. The summed E-state index contributed by atoms with van der Waals surface area (Å²) in [5, 5.41) is 1.15. The minimum absolute atomic E-state index is 0.472. The van der Waals surface area contributed by atoms with E-state index in [1.54, 1.807) is 12.4 Å². The standard InChI is InChI=1S/C20H17N3O/c1-2-9-22-17(5-1)14-24-19-6-7-20-16(12-19)11-18(23-20)10-15-4-3-8-21-13-15/h1-9,11-13,23H,10,14H2. The van der Waals surface area contributed by atoms with Gasteiger partial charge in [0, 0.05) is 41.6 Å². The smallest absolute Gasteiger partial charge is 0.130 e. The second-order valence-electron chi connectivity index (χ2n) is 5.69. The van der Waals surface area contributed by atoms with E-state index in [0.717, 1.165) is 28.8 Å². The third kappa shape index (κ3) is 3.27. The highest BCUT2D eigenvalue weighted by atomic mass is 16.5. The van der Waals surface area contributed by atoms with E-state index < -0.39 is 0 Å². The van der Waals surface area contributed by atoms with Crippen LogP contribution >= 0.6 is 0 Å². The van der Waals surface area contributed by atoms with E-state index in [2.05, 4.69) is 39.2 Å². The number of nitrogens with zero attached hydrogens (tertiary/aromatic N) is 2. The van der Waals surface area contributed by atoms with E-state index in [0.29, 0.717) is 6.61 Å². The van der Waals surface area contributed by atoms with Gasteiger partial charge in [0.25, 0.3) is 0 Å². The molecule has 4 rings (SSSR count). The molecule has 3 aromatic heterocycles. The third-order valence-electron chi connectivity index (χ3n) is 3.88. The fourth-order valence-corrected chi connectivity index (χ4v) is 2.72. The molecule has 0 saturated heterocycles. The molecule has 118 valence electrons. The Morgan fingerprint density at radius 2 is 1.96 bits per heavy atom. The fourth-order valence-electron chi connectivity index (χ4n) is 2.72. The monoisotopic (exact) mass is 315 g/mol. The molecule has 1 aromatic carbocycles. The van der Waals surface area contributed by atoms with Gasteiger partial charge in [0.1, 0.15) is 12.4 Å². The van der Waals surface area contributed by atoms with E-state index in [9.17, 15) is 0 Å². The number of nitrogens with one attached hydrogen (secondary N) is 1. The maximum absolute atomic E-state index is 5.84. The van der Waals surface area contributed by atoms with Crippen LogP contribution in [-0.4, -0.2) is 15.0 Å². The van der Waals surface area contributed by atoms with Crippen molar-refractivity contribution in [2.45, 2.75) is 13.0 Å². The van der Waals surface area contributed by atoms with Gasteiger partial charge in [-0.15, -0.1) is 0 Å². The van der Waals surface area contributed by atoms with E-state index in [1.165, 1.54) is 11.3 Å². The van der Waals surface area contributed by atoms with Gasteiger partial charge in [0.15, 0.2) is 0 Å². The molecule has 0 aliphatic rings. The summed E-state index contributed by atoms with van der Waals surface area (Å²) in [6, 6.07) is 18.1. The second kappa shape index (κ2) is 6.54. The summed E-state index contributed by atoms with van der Waals surface area (Å²) < 4.78 is 5.84. The molecule has 0 aliphatic heterocycles. The van der Waals surface area contributed by atoms with Gasteiger partial charge >= 0.3 is 0 Å². The third-order valence-corrected chi connectivity index (χ3v) is 3.88. The largest absolute Gasteiger partial charge is 0.487 e. The number of ether oxygens (including phenoxy) is 1. The summed E-state index contributed by atoms with van der Waals surface area (Å²) in [5.74, 6) is 0.847. The van der Waals surface area contributed by atoms with Crippen LogP contribution in [0.25, 0.3) is 10.9 Å². The highest BCUT2D eigenvalue weighted by Crippen LogP contribution is 2.23. The van der Waals surface area contributed by atoms with Crippen LogP contribution in [0.1, 0.15) is 17.0 Å². The first-order valence-electron chi connectivity index (χ1n) is 7.90. The number of benzene rings is 1. The number of rotatable bonds is 5. The zero-order chi connectivity index (χ0) is 16.2. The summed E-state index contributed by atoms with van der Waals surface area (Å²) in [7, 11) is 0. The summed E-state index contributed by atoms with van der Waals surface area (Å²) in [4.78, 5) is 11.9. The molecule has 0 radical (unpaired) electrons. The Morgan fingerprint density at radius 1 is 0.958 bits per heavy atom. The highest BCUT2D eigenvalue weighted by Gasteiger charge is 2.04. The van der Waals surface area contributed by atoms with Crippen LogP contribution in [0, 0.1) is 0 Å². The van der Waals surface area contributed by atoms with Gasteiger partial charge in [-0.05, 0) is 48.0 Å². The number of pyridine rings is 2. The first-order valence-corrected chi connectivity index (χ1v) is 7.90. The molecule has 0 atom stereocenters. The molecule has 4 heteroatoms. The van der Waals surface area contributed by atoms with Gasteiger partial charge in [-0.3, -0.25) is 9.97 Å². The molecular weight excluding hydrogens is 298 g/mol. The Labute approximate surface area is 140 Å². The average molecular weight is 315 g/mol.